The van der Waals surface area contributed by atoms with Crippen molar-refractivity contribution in [3.8, 4) is 0 Å². The van der Waals surface area contributed by atoms with Crippen molar-refractivity contribution in [3.63, 3.8) is 0 Å². The zero-order valence-electron chi connectivity index (χ0n) is 14.3. The highest BCUT2D eigenvalue weighted by molar-refractivity contribution is 5.67. The Morgan fingerprint density at radius 2 is 2.08 bits per heavy atom. The van der Waals surface area contributed by atoms with Gasteiger partial charge in [0.2, 0.25) is 0 Å². The maximum Gasteiger partial charge on any atom is 0.407 e. The maximum atomic E-state index is 11.6. The third-order valence-corrected chi connectivity index (χ3v) is 3.73. The number of hydrogen-bond acceptors (Lipinski definition) is 5. The van der Waals surface area contributed by atoms with Gasteiger partial charge >= 0.3 is 6.09 Å². The van der Waals surface area contributed by atoms with E-state index in [1.54, 1.807) is 17.1 Å². The van der Waals surface area contributed by atoms with Crippen LogP contribution < -0.4 is 5.32 Å². The summed E-state index contributed by atoms with van der Waals surface area (Å²) in [6.45, 7) is 3.19. The highest BCUT2D eigenvalue weighted by Gasteiger charge is 2.20. The van der Waals surface area contributed by atoms with Crippen LogP contribution in [0.5, 0.6) is 0 Å². The molecule has 1 aromatic carbocycles. The zero-order valence-corrected chi connectivity index (χ0v) is 14.3. The van der Waals surface area contributed by atoms with Crippen molar-refractivity contribution in [2.45, 2.75) is 45.1 Å². The van der Waals surface area contributed by atoms with Gasteiger partial charge in [0.25, 0.3) is 0 Å². The van der Waals surface area contributed by atoms with Gasteiger partial charge in [0.15, 0.2) is 0 Å². The summed E-state index contributed by atoms with van der Waals surface area (Å²) < 4.78 is 6.80. The third-order valence-electron chi connectivity index (χ3n) is 3.73. The number of amides is 1. The lowest BCUT2D eigenvalue weighted by molar-refractivity contribution is 0.0136. The largest absolute Gasteiger partial charge is 0.445 e. The number of nitrogens with zero attached hydrogens (tertiary/aromatic N) is 2. The maximum absolute atomic E-state index is 11.6. The summed E-state index contributed by atoms with van der Waals surface area (Å²) in [5, 5.41) is 26.9. The van der Waals surface area contributed by atoms with E-state index >= 15 is 0 Å². The first-order chi connectivity index (χ1) is 12.1. The first kappa shape index (κ1) is 19.0. The molecule has 7 nitrogen and oxygen atoms in total. The van der Waals surface area contributed by atoms with Gasteiger partial charge < -0.3 is 20.3 Å². The average molecular weight is 347 g/mol. The fraction of sp³-hybridized carbons (Fsp3) is 0.444. The Hall–Kier alpha value is -2.38. The van der Waals surface area contributed by atoms with Crippen LogP contribution in [-0.4, -0.2) is 38.7 Å². The highest BCUT2D eigenvalue weighted by Crippen LogP contribution is 2.18. The van der Waals surface area contributed by atoms with Gasteiger partial charge in [0, 0.05) is 24.8 Å². The van der Waals surface area contributed by atoms with Crippen LogP contribution in [0.1, 0.15) is 37.0 Å². The van der Waals surface area contributed by atoms with Crippen LogP contribution in [0.3, 0.4) is 0 Å². The Bertz CT molecular complexity index is 645. The molecule has 1 aromatic heterocycles. The van der Waals surface area contributed by atoms with Crippen molar-refractivity contribution >= 4 is 6.09 Å². The van der Waals surface area contributed by atoms with Crippen molar-refractivity contribution in [1.82, 2.24) is 15.1 Å². The minimum Gasteiger partial charge on any atom is -0.445 e. The molecule has 0 radical (unpaired) electrons. The van der Waals surface area contributed by atoms with Crippen LogP contribution >= 0.6 is 0 Å². The SMILES string of the molecule is CCCn1cc(C(O)C(O)CCNC(=O)OCc2ccccc2)cn1. The number of aliphatic hydroxyl groups excluding tert-OH is 2. The summed E-state index contributed by atoms with van der Waals surface area (Å²) in [7, 11) is 0. The Kier molecular flexibility index (Phi) is 7.43. The molecule has 136 valence electrons. The molecule has 3 N–H and O–H groups in total. The smallest absolute Gasteiger partial charge is 0.407 e. The van der Waals surface area contributed by atoms with Crippen LogP contribution in [0.2, 0.25) is 0 Å². The quantitative estimate of drug-likeness (QED) is 0.645. The fourth-order valence-electron chi connectivity index (χ4n) is 2.36. The molecule has 7 heteroatoms. The molecule has 0 aliphatic carbocycles. The second kappa shape index (κ2) is 9.80. The van der Waals surface area contributed by atoms with Crippen LogP contribution in [0.15, 0.2) is 42.7 Å². The molecule has 0 aliphatic rings. The summed E-state index contributed by atoms with van der Waals surface area (Å²) in [6.07, 6.45) is 1.84. The molecule has 1 heterocycles. The van der Waals surface area contributed by atoms with E-state index in [9.17, 15) is 15.0 Å². The van der Waals surface area contributed by atoms with Crippen molar-refractivity contribution < 1.29 is 19.7 Å². The lowest BCUT2D eigenvalue weighted by atomic mass is 10.1. The number of rotatable bonds is 9. The van der Waals surface area contributed by atoms with Gasteiger partial charge in [0.1, 0.15) is 12.7 Å². The van der Waals surface area contributed by atoms with Crippen molar-refractivity contribution in [2.24, 2.45) is 0 Å². The van der Waals surface area contributed by atoms with E-state index in [0.717, 1.165) is 18.5 Å². The number of benzene rings is 1. The van der Waals surface area contributed by atoms with Crippen LogP contribution in [0.25, 0.3) is 0 Å². The van der Waals surface area contributed by atoms with E-state index < -0.39 is 18.3 Å². The van der Waals surface area contributed by atoms with E-state index in [0.29, 0.717) is 5.56 Å². The van der Waals surface area contributed by atoms with Gasteiger partial charge in [0.05, 0.1) is 12.3 Å². The number of hydrogen-bond donors (Lipinski definition) is 3. The molecule has 0 fully saturated rings. The Morgan fingerprint density at radius 3 is 2.80 bits per heavy atom. The number of aryl methyl sites for hydroxylation is 1. The Labute approximate surface area is 147 Å². The number of nitrogens with one attached hydrogen (secondary N) is 1. The molecular weight excluding hydrogens is 322 g/mol. The highest BCUT2D eigenvalue weighted by atomic mass is 16.5. The number of ether oxygens (including phenoxy) is 1. The predicted molar refractivity (Wildman–Crippen MR) is 92.7 cm³/mol. The number of carbonyl (C=O) groups excluding carboxylic acids is 1. The molecule has 2 atom stereocenters. The summed E-state index contributed by atoms with van der Waals surface area (Å²) in [4.78, 5) is 11.6. The average Bonchev–Trinajstić information content (AvgIpc) is 3.09. The first-order valence-electron chi connectivity index (χ1n) is 8.43. The van der Waals surface area contributed by atoms with Gasteiger partial charge in [-0.25, -0.2) is 4.79 Å². The monoisotopic (exact) mass is 347 g/mol. The molecule has 0 saturated heterocycles. The lowest BCUT2D eigenvalue weighted by Gasteiger charge is -2.16. The number of aliphatic hydroxyl groups is 2. The molecule has 0 aliphatic heterocycles. The Morgan fingerprint density at radius 1 is 1.32 bits per heavy atom. The Balaban J connectivity index is 1.68. The van der Waals surface area contributed by atoms with Crippen LogP contribution in [0.4, 0.5) is 4.79 Å². The van der Waals surface area contributed by atoms with E-state index in [4.69, 9.17) is 4.74 Å². The molecule has 1 amide bonds. The molecule has 0 bridgehead atoms. The standard InChI is InChI=1S/C18H25N3O4/c1-2-10-21-12-15(11-20-21)17(23)16(22)8-9-19-18(24)25-13-14-6-4-3-5-7-14/h3-7,11-12,16-17,22-23H,2,8-10,13H2,1H3,(H,19,24). The third kappa shape index (κ3) is 6.21. The predicted octanol–water partition coefficient (Wildman–Crippen LogP) is 2.00. The summed E-state index contributed by atoms with van der Waals surface area (Å²) in [5.74, 6) is 0. The zero-order chi connectivity index (χ0) is 18.1. The van der Waals surface area contributed by atoms with Gasteiger partial charge in [-0.1, -0.05) is 37.3 Å². The minimum absolute atomic E-state index is 0.189. The van der Waals surface area contributed by atoms with Crippen molar-refractivity contribution in [2.75, 3.05) is 6.54 Å². The molecule has 25 heavy (non-hydrogen) atoms. The number of carbonyl (C=O) groups is 1. The van der Waals surface area contributed by atoms with Gasteiger partial charge in [-0.2, -0.15) is 5.10 Å². The van der Waals surface area contributed by atoms with E-state index in [2.05, 4.69) is 10.4 Å². The molecule has 0 spiro atoms. The molecule has 2 aromatic rings. The summed E-state index contributed by atoms with van der Waals surface area (Å²) in [6, 6.07) is 9.37. The molecule has 0 saturated carbocycles. The number of aromatic nitrogens is 2. The van der Waals surface area contributed by atoms with Crippen molar-refractivity contribution in [3.05, 3.63) is 53.9 Å². The van der Waals surface area contributed by atoms with E-state index in [1.165, 1.54) is 0 Å². The van der Waals surface area contributed by atoms with Crippen LogP contribution in [-0.2, 0) is 17.9 Å². The lowest BCUT2D eigenvalue weighted by Crippen LogP contribution is -2.29. The molecular formula is C18H25N3O4. The molecule has 2 unspecified atom stereocenters. The normalized spacial score (nSPS) is 13.2. The van der Waals surface area contributed by atoms with Crippen molar-refractivity contribution in [1.29, 1.82) is 0 Å². The second-order valence-electron chi connectivity index (χ2n) is 5.83. The minimum atomic E-state index is -1.03. The number of alkyl carbamates (subject to hydrolysis) is 1. The second-order valence-corrected chi connectivity index (χ2v) is 5.83. The summed E-state index contributed by atoms with van der Waals surface area (Å²) >= 11 is 0. The van der Waals surface area contributed by atoms with Gasteiger partial charge in [-0.05, 0) is 18.4 Å². The molecule has 2 rings (SSSR count). The fourth-order valence-corrected chi connectivity index (χ4v) is 2.36. The van der Waals surface area contributed by atoms with Crippen LogP contribution in [0, 0.1) is 0 Å². The van der Waals surface area contributed by atoms with E-state index in [1.807, 2.05) is 37.3 Å². The topological polar surface area (TPSA) is 96.6 Å². The first-order valence-corrected chi connectivity index (χ1v) is 8.43. The van der Waals surface area contributed by atoms with E-state index in [-0.39, 0.29) is 19.6 Å². The summed E-state index contributed by atoms with van der Waals surface area (Å²) in [5.41, 5.74) is 1.46. The van der Waals surface area contributed by atoms with Gasteiger partial charge in [-0.15, -0.1) is 0 Å². The van der Waals surface area contributed by atoms with Gasteiger partial charge in [-0.3, -0.25) is 4.68 Å².